The second-order valence-electron chi connectivity index (χ2n) is 9.58. The van der Waals surface area contributed by atoms with Crippen molar-refractivity contribution in [2.75, 3.05) is 13.2 Å². The van der Waals surface area contributed by atoms with Gasteiger partial charge in [0.15, 0.2) is 0 Å². The molecule has 34 heavy (non-hydrogen) atoms. The minimum atomic E-state index is -0.922. The minimum Gasteiger partial charge on any atom is -0.481 e. The third-order valence-electron chi connectivity index (χ3n) is 6.71. The third-order valence-corrected chi connectivity index (χ3v) is 6.71. The molecule has 180 valence electrons. The molecule has 1 aliphatic heterocycles. The average Bonchev–Trinajstić information content (AvgIpc) is 3.38. The second-order valence-corrected chi connectivity index (χ2v) is 9.58. The maximum absolute atomic E-state index is 13.3. The summed E-state index contributed by atoms with van der Waals surface area (Å²) in [5.74, 6) is -1.04. The Morgan fingerprint density at radius 1 is 1.06 bits per heavy atom. The number of amides is 2. The van der Waals surface area contributed by atoms with Gasteiger partial charge in [-0.1, -0.05) is 62.4 Å². The van der Waals surface area contributed by atoms with E-state index in [1.165, 1.54) is 0 Å². The van der Waals surface area contributed by atoms with E-state index < -0.39 is 18.1 Å². The fourth-order valence-corrected chi connectivity index (χ4v) is 5.22. The average molecular weight is 465 g/mol. The fraction of sp³-hybridized carbons (Fsp3) is 0.444. The lowest BCUT2D eigenvalue weighted by Crippen LogP contribution is -2.51. The van der Waals surface area contributed by atoms with Crippen molar-refractivity contribution in [2.45, 2.75) is 57.5 Å². The fourth-order valence-electron chi connectivity index (χ4n) is 5.22. The van der Waals surface area contributed by atoms with Gasteiger partial charge in [-0.15, -0.1) is 0 Å². The highest BCUT2D eigenvalue weighted by atomic mass is 16.5. The lowest BCUT2D eigenvalue weighted by molar-refractivity contribution is -0.140. The first kappa shape index (κ1) is 23.8. The normalized spacial score (nSPS) is 17.9. The number of rotatable bonds is 8. The molecular formula is C27H32N2O5. The lowest BCUT2D eigenvalue weighted by Gasteiger charge is -2.29. The van der Waals surface area contributed by atoms with Crippen molar-refractivity contribution in [1.82, 2.24) is 10.2 Å². The largest absolute Gasteiger partial charge is 0.481 e. The van der Waals surface area contributed by atoms with Crippen LogP contribution in [0.25, 0.3) is 11.1 Å². The van der Waals surface area contributed by atoms with E-state index >= 15 is 0 Å². The molecule has 0 bridgehead atoms. The number of aliphatic carboxylic acids is 1. The van der Waals surface area contributed by atoms with Crippen molar-refractivity contribution >= 4 is 18.0 Å². The Labute approximate surface area is 200 Å². The van der Waals surface area contributed by atoms with Gasteiger partial charge in [0.1, 0.15) is 12.6 Å². The van der Waals surface area contributed by atoms with Crippen molar-refractivity contribution in [3.63, 3.8) is 0 Å². The van der Waals surface area contributed by atoms with E-state index in [1.807, 2.05) is 38.1 Å². The van der Waals surface area contributed by atoms with E-state index in [1.54, 1.807) is 4.90 Å². The molecule has 2 amide bonds. The second kappa shape index (κ2) is 10.3. The molecule has 1 heterocycles. The van der Waals surface area contributed by atoms with Gasteiger partial charge >= 0.3 is 12.1 Å². The van der Waals surface area contributed by atoms with Gasteiger partial charge in [0.2, 0.25) is 5.91 Å². The van der Waals surface area contributed by atoms with Gasteiger partial charge in [0.25, 0.3) is 0 Å². The molecule has 2 atom stereocenters. The Kier molecular flexibility index (Phi) is 7.20. The van der Waals surface area contributed by atoms with Gasteiger partial charge in [-0.3, -0.25) is 9.59 Å². The van der Waals surface area contributed by atoms with E-state index in [0.717, 1.165) is 28.7 Å². The number of carbonyl (C=O) groups is 3. The van der Waals surface area contributed by atoms with Gasteiger partial charge in [-0.2, -0.15) is 0 Å². The number of nitrogens with one attached hydrogen (secondary N) is 1. The number of hydrogen-bond acceptors (Lipinski definition) is 4. The maximum atomic E-state index is 13.3. The number of fused-ring (bicyclic) bond motifs is 3. The zero-order chi connectivity index (χ0) is 24.2. The van der Waals surface area contributed by atoms with Crippen molar-refractivity contribution in [1.29, 1.82) is 0 Å². The topological polar surface area (TPSA) is 95.9 Å². The minimum absolute atomic E-state index is 0.0593. The summed E-state index contributed by atoms with van der Waals surface area (Å²) in [6.07, 6.45) is 1.18. The summed E-state index contributed by atoms with van der Waals surface area (Å²) in [7, 11) is 0. The first-order valence-corrected chi connectivity index (χ1v) is 12.0. The molecule has 1 aliphatic carbocycles. The summed E-state index contributed by atoms with van der Waals surface area (Å²) < 4.78 is 5.64. The van der Waals surface area contributed by atoms with Gasteiger partial charge in [-0.25, -0.2) is 4.79 Å². The molecule has 2 aliphatic rings. The number of likely N-dealkylation sites (tertiary alicyclic amines) is 1. The summed E-state index contributed by atoms with van der Waals surface area (Å²) in [6, 6.07) is 15.2. The number of benzene rings is 2. The van der Waals surface area contributed by atoms with Crippen LogP contribution in [0.15, 0.2) is 48.5 Å². The van der Waals surface area contributed by atoms with Crippen LogP contribution in [0.5, 0.6) is 0 Å². The molecule has 1 unspecified atom stereocenters. The van der Waals surface area contributed by atoms with E-state index in [9.17, 15) is 19.5 Å². The van der Waals surface area contributed by atoms with Crippen LogP contribution in [0.4, 0.5) is 4.79 Å². The summed E-state index contributed by atoms with van der Waals surface area (Å²) in [5.41, 5.74) is 4.55. The number of hydrogen-bond donors (Lipinski definition) is 2. The quantitative estimate of drug-likeness (QED) is 0.604. The van der Waals surface area contributed by atoms with Crippen LogP contribution in [0.3, 0.4) is 0 Å². The van der Waals surface area contributed by atoms with Crippen LogP contribution >= 0.6 is 0 Å². The van der Waals surface area contributed by atoms with Crippen molar-refractivity contribution in [3.05, 3.63) is 59.7 Å². The zero-order valence-electron chi connectivity index (χ0n) is 19.7. The number of ether oxygens (including phenoxy) is 1. The molecule has 0 aromatic heterocycles. The summed E-state index contributed by atoms with van der Waals surface area (Å²) in [5, 5.41) is 12.0. The Morgan fingerprint density at radius 3 is 2.26 bits per heavy atom. The van der Waals surface area contributed by atoms with Gasteiger partial charge < -0.3 is 20.1 Å². The zero-order valence-corrected chi connectivity index (χ0v) is 19.7. The van der Waals surface area contributed by atoms with Crippen molar-refractivity contribution in [2.24, 2.45) is 5.92 Å². The van der Waals surface area contributed by atoms with Crippen LogP contribution < -0.4 is 5.32 Å². The Hall–Kier alpha value is -3.35. The first-order valence-electron chi connectivity index (χ1n) is 12.0. The maximum Gasteiger partial charge on any atom is 0.407 e. The SMILES string of the molecule is CC(C)CC(NC(=O)OCC1c2ccccc2-c2ccccc21)C(=O)N1CCC[C@H]1CC(=O)O. The van der Waals surface area contributed by atoms with Crippen LogP contribution in [0.1, 0.15) is 56.6 Å². The number of carboxylic acids is 1. The third kappa shape index (κ3) is 5.08. The van der Waals surface area contributed by atoms with Crippen LogP contribution in [0, 0.1) is 5.92 Å². The molecule has 7 nitrogen and oxygen atoms in total. The molecule has 7 heteroatoms. The van der Waals surface area contributed by atoms with Gasteiger partial charge in [0, 0.05) is 18.5 Å². The highest BCUT2D eigenvalue weighted by Crippen LogP contribution is 2.44. The Morgan fingerprint density at radius 2 is 1.68 bits per heavy atom. The molecule has 1 saturated heterocycles. The summed E-state index contributed by atoms with van der Waals surface area (Å²) in [6.45, 7) is 4.66. The summed E-state index contributed by atoms with van der Waals surface area (Å²) in [4.78, 5) is 38.9. The number of nitrogens with zero attached hydrogens (tertiary/aromatic N) is 1. The van der Waals surface area contributed by atoms with E-state index in [4.69, 9.17) is 4.74 Å². The molecule has 2 N–H and O–H groups in total. The van der Waals surface area contributed by atoms with E-state index in [0.29, 0.717) is 19.4 Å². The van der Waals surface area contributed by atoms with E-state index in [2.05, 4.69) is 29.6 Å². The lowest BCUT2D eigenvalue weighted by atomic mass is 9.98. The van der Waals surface area contributed by atoms with E-state index in [-0.39, 0.29) is 36.8 Å². The van der Waals surface area contributed by atoms with Gasteiger partial charge in [-0.05, 0) is 47.4 Å². The van der Waals surface area contributed by atoms with Crippen molar-refractivity contribution < 1.29 is 24.2 Å². The predicted octanol–water partition coefficient (Wildman–Crippen LogP) is 4.41. The summed E-state index contributed by atoms with van der Waals surface area (Å²) >= 11 is 0. The van der Waals surface area contributed by atoms with Crippen LogP contribution in [0.2, 0.25) is 0 Å². The number of carbonyl (C=O) groups excluding carboxylic acids is 2. The highest BCUT2D eigenvalue weighted by Gasteiger charge is 2.36. The Balaban J connectivity index is 1.43. The molecule has 2 aromatic carbocycles. The highest BCUT2D eigenvalue weighted by molar-refractivity contribution is 5.86. The molecule has 0 radical (unpaired) electrons. The predicted molar refractivity (Wildman–Crippen MR) is 128 cm³/mol. The molecule has 2 aromatic rings. The monoisotopic (exact) mass is 464 g/mol. The molecule has 0 saturated carbocycles. The first-order chi connectivity index (χ1) is 16.3. The molecular weight excluding hydrogens is 432 g/mol. The number of alkyl carbamates (subject to hydrolysis) is 1. The standard InChI is InChI=1S/C27H32N2O5/c1-17(2)14-24(26(32)29-13-7-8-18(29)15-25(30)31)28-27(33)34-16-23-21-11-5-3-9-19(21)20-10-4-6-12-22(20)23/h3-6,9-12,17-18,23-24H,7-8,13-16H2,1-2H3,(H,28,33)(H,30,31)/t18-,24?/m0/s1. The molecule has 0 spiro atoms. The number of carboxylic acid groups (broad SMARTS) is 1. The smallest absolute Gasteiger partial charge is 0.407 e. The Bertz CT molecular complexity index is 1020. The van der Waals surface area contributed by atoms with Crippen LogP contribution in [-0.2, 0) is 14.3 Å². The van der Waals surface area contributed by atoms with Crippen LogP contribution in [-0.4, -0.2) is 53.2 Å². The molecule has 1 fully saturated rings. The molecule has 4 rings (SSSR count). The van der Waals surface area contributed by atoms with Gasteiger partial charge in [0.05, 0.1) is 6.42 Å². The van der Waals surface area contributed by atoms with Crippen molar-refractivity contribution in [3.8, 4) is 11.1 Å².